The van der Waals surface area contributed by atoms with E-state index in [1.165, 1.54) is 0 Å². The Morgan fingerprint density at radius 3 is 2.64 bits per heavy atom. The lowest BCUT2D eigenvalue weighted by Crippen LogP contribution is -2.38. The molecule has 0 aromatic carbocycles. The van der Waals surface area contributed by atoms with Crippen molar-refractivity contribution in [1.29, 1.82) is 0 Å². The zero-order chi connectivity index (χ0) is 10.8. The number of carbonyl (C=O) groups is 1. The van der Waals surface area contributed by atoms with E-state index in [0.717, 1.165) is 6.42 Å². The molecule has 0 saturated carbocycles. The molecule has 0 heterocycles. The predicted octanol–water partition coefficient (Wildman–Crippen LogP) is 3.29. The molecular weight excluding hydrogens is 172 g/mol. The lowest BCUT2D eigenvalue weighted by molar-refractivity contribution is -0.132. The molecule has 0 spiro atoms. The van der Waals surface area contributed by atoms with Crippen LogP contribution in [0, 0.1) is 10.8 Å². The summed E-state index contributed by atoms with van der Waals surface area (Å²) in [6, 6.07) is 0. The fraction of sp³-hybridized carbons (Fsp3) is 0.462. The number of rotatable bonds is 2. The van der Waals surface area contributed by atoms with E-state index in [4.69, 9.17) is 0 Å². The Balaban J connectivity index is 3.05. The maximum atomic E-state index is 12.1. The zero-order valence-electron chi connectivity index (χ0n) is 9.21. The van der Waals surface area contributed by atoms with Gasteiger partial charge in [0, 0.05) is 5.41 Å². The number of allylic oxidation sites excluding steroid dienone is 5. The molecule has 76 valence electrons. The van der Waals surface area contributed by atoms with E-state index in [-0.39, 0.29) is 11.2 Å². The third-order valence-corrected chi connectivity index (χ3v) is 2.77. The van der Waals surface area contributed by atoms with Gasteiger partial charge >= 0.3 is 0 Å². The highest BCUT2D eigenvalue weighted by atomic mass is 16.1. The summed E-state index contributed by atoms with van der Waals surface area (Å²) in [5, 5.41) is 0. The molecule has 0 amide bonds. The highest BCUT2D eigenvalue weighted by molar-refractivity contribution is 5.94. The summed E-state index contributed by atoms with van der Waals surface area (Å²) >= 11 is 0. The Morgan fingerprint density at radius 1 is 1.43 bits per heavy atom. The largest absolute Gasteiger partial charge is 0.298 e. The quantitative estimate of drug-likeness (QED) is 0.482. The van der Waals surface area contributed by atoms with Crippen molar-refractivity contribution in [2.24, 2.45) is 10.8 Å². The van der Waals surface area contributed by atoms with Crippen LogP contribution in [0.1, 0.15) is 27.2 Å². The first-order chi connectivity index (χ1) is 6.42. The molecule has 1 unspecified atom stereocenters. The van der Waals surface area contributed by atoms with E-state index >= 15 is 0 Å². The molecule has 1 aliphatic rings. The third kappa shape index (κ3) is 1.87. The van der Waals surface area contributed by atoms with Gasteiger partial charge in [-0.15, -0.1) is 0 Å². The van der Waals surface area contributed by atoms with E-state index in [2.05, 4.69) is 12.7 Å². The highest BCUT2D eigenvalue weighted by Crippen LogP contribution is 2.39. The van der Waals surface area contributed by atoms with Crippen molar-refractivity contribution in [3.05, 3.63) is 37.0 Å². The average molecular weight is 190 g/mol. The van der Waals surface area contributed by atoms with Gasteiger partial charge in [0.25, 0.3) is 0 Å². The second-order valence-corrected chi connectivity index (χ2v) is 4.70. The summed E-state index contributed by atoms with van der Waals surface area (Å²) < 4.78 is 0. The van der Waals surface area contributed by atoms with Gasteiger partial charge < -0.3 is 0 Å². The molecule has 0 saturated heterocycles. The van der Waals surface area contributed by atoms with Crippen molar-refractivity contribution in [2.45, 2.75) is 27.2 Å². The van der Waals surface area contributed by atoms with E-state index in [1.54, 1.807) is 6.08 Å². The van der Waals surface area contributed by atoms with Gasteiger partial charge in [-0.3, -0.25) is 4.79 Å². The van der Waals surface area contributed by atoms with E-state index in [9.17, 15) is 4.79 Å². The fourth-order valence-corrected chi connectivity index (χ4v) is 1.90. The minimum atomic E-state index is -0.448. The molecule has 14 heavy (non-hydrogen) atoms. The Morgan fingerprint density at radius 2 is 2.07 bits per heavy atom. The normalized spacial score (nSPS) is 30.9. The first-order valence-electron chi connectivity index (χ1n) is 4.95. The van der Waals surface area contributed by atoms with Gasteiger partial charge in [0.1, 0.15) is 0 Å². The van der Waals surface area contributed by atoms with Crippen LogP contribution in [-0.4, -0.2) is 5.78 Å². The molecule has 0 aromatic rings. The van der Waals surface area contributed by atoms with Crippen LogP contribution < -0.4 is 0 Å². The van der Waals surface area contributed by atoms with Crippen LogP contribution in [0.4, 0.5) is 0 Å². The monoisotopic (exact) mass is 190 g/mol. The number of hydrogen-bond donors (Lipinski definition) is 0. The van der Waals surface area contributed by atoms with Crippen LogP contribution >= 0.6 is 0 Å². The van der Waals surface area contributed by atoms with Crippen LogP contribution in [0.3, 0.4) is 0 Å². The Labute approximate surface area is 86.2 Å². The first kappa shape index (κ1) is 11.0. The van der Waals surface area contributed by atoms with Gasteiger partial charge in [-0.05, 0) is 13.3 Å². The summed E-state index contributed by atoms with van der Waals surface area (Å²) in [7, 11) is 0. The maximum absolute atomic E-state index is 12.1. The zero-order valence-corrected chi connectivity index (χ0v) is 9.21. The SMILES string of the molecule is C=CC=CC1(C)C=CCC(C)(C)C1=O. The molecule has 0 aromatic heterocycles. The maximum Gasteiger partial charge on any atom is 0.152 e. The molecule has 1 nitrogen and oxygen atoms in total. The van der Waals surface area contributed by atoms with E-state index in [1.807, 2.05) is 39.0 Å². The first-order valence-corrected chi connectivity index (χ1v) is 4.95. The smallest absolute Gasteiger partial charge is 0.152 e. The number of Topliss-reactive ketones (excluding diaryl/α,β-unsaturated/α-hetero) is 1. The summed E-state index contributed by atoms with van der Waals surface area (Å²) in [5.41, 5.74) is -0.690. The van der Waals surface area contributed by atoms with Gasteiger partial charge in [-0.1, -0.05) is 50.8 Å². The number of hydrogen-bond acceptors (Lipinski definition) is 1. The average Bonchev–Trinajstić information content (AvgIpc) is 2.11. The predicted molar refractivity (Wildman–Crippen MR) is 60.0 cm³/mol. The molecule has 1 aliphatic carbocycles. The highest BCUT2D eigenvalue weighted by Gasteiger charge is 2.40. The van der Waals surface area contributed by atoms with E-state index in [0.29, 0.717) is 0 Å². The second kappa shape index (κ2) is 3.56. The van der Waals surface area contributed by atoms with Crippen molar-refractivity contribution in [2.75, 3.05) is 0 Å². The molecule has 0 N–H and O–H groups in total. The van der Waals surface area contributed by atoms with Gasteiger partial charge in [0.15, 0.2) is 5.78 Å². The van der Waals surface area contributed by atoms with Crippen molar-refractivity contribution in [3.8, 4) is 0 Å². The van der Waals surface area contributed by atoms with Crippen molar-refractivity contribution >= 4 is 5.78 Å². The molecule has 0 aliphatic heterocycles. The van der Waals surface area contributed by atoms with Gasteiger partial charge in [0.2, 0.25) is 0 Å². The summed E-state index contributed by atoms with van der Waals surface area (Å²) in [6.45, 7) is 9.56. The molecule has 1 heteroatoms. The van der Waals surface area contributed by atoms with Gasteiger partial charge in [0.05, 0.1) is 5.41 Å². The van der Waals surface area contributed by atoms with Crippen LogP contribution in [0.2, 0.25) is 0 Å². The molecule has 0 bridgehead atoms. The number of ketones is 1. The van der Waals surface area contributed by atoms with Crippen LogP contribution in [0.25, 0.3) is 0 Å². The Bertz CT molecular complexity index is 307. The van der Waals surface area contributed by atoms with Crippen LogP contribution in [-0.2, 0) is 4.79 Å². The molecular formula is C13H18O. The fourth-order valence-electron chi connectivity index (χ4n) is 1.90. The standard InChI is InChI=1S/C13H18O/c1-5-6-9-13(4)10-7-8-12(2,3)11(13)14/h5-7,9-10H,1,8H2,2-4H3. The van der Waals surface area contributed by atoms with Crippen molar-refractivity contribution < 1.29 is 4.79 Å². The summed E-state index contributed by atoms with van der Waals surface area (Å²) in [5.74, 6) is 0.283. The third-order valence-electron chi connectivity index (χ3n) is 2.77. The number of carbonyl (C=O) groups excluding carboxylic acids is 1. The Kier molecular flexibility index (Phi) is 2.79. The lowest BCUT2D eigenvalue weighted by Gasteiger charge is -2.35. The van der Waals surface area contributed by atoms with Gasteiger partial charge in [-0.2, -0.15) is 0 Å². The van der Waals surface area contributed by atoms with Crippen LogP contribution in [0.15, 0.2) is 37.0 Å². The molecule has 0 fully saturated rings. The van der Waals surface area contributed by atoms with Gasteiger partial charge in [-0.25, -0.2) is 0 Å². The molecule has 0 radical (unpaired) electrons. The van der Waals surface area contributed by atoms with Crippen LogP contribution in [0.5, 0.6) is 0 Å². The summed E-state index contributed by atoms with van der Waals surface area (Å²) in [4.78, 5) is 12.1. The topological polar surface area (TPSA) is 17.1 Å². The van der Waals surface area contributed by atoms with Crippen molar-refractivity contribution in [3.63, 3.8) is 0 Å². The Hall–Kier alpha value is -1.11. The molecule has 1 atom stereocenters. The minimum Gasteiger partial charge on any atom is -0.298 e. The minimum absolute atomic E-state index is 0.241. The summed E-state index contributed by atoms with van der Waals surface area (Å²) in [6.07, 6.45) is 10.4. The molecule has 1 rings (SSSR count). The lowest BCUT2D eigenvalue weighted by atomic mass is 9.67. The second-order valence-electron chi connectivity index (χ2n) is 4.70. The van der Waals surface area contributed by atoms with Crippen molar-refractivity contribution in [1.82, 2.24) is 0 Å². The van der Waals surface area contributed by atoms with E-state index < -0.39 is 5.41 Å².